The van der Waals surface area contributed by atoms with E-state index in [2.05, 4.69) is 41.6 Å². The summed E-state index contributed by atoms with van der Waals surface area (Å²) in [5, 5.41) is 12.9. The van der Waals surface area contributed by atoms with Gasteiger partial charge in [0.1, 0.15) is 0 Å². The molecule has 0 aliphatic carbocycles. The molecule has 3 aromatic rings. The molecule has 0 radical (unpaired) electrons. The zero-order valence-electron chi connectivity index (χ0n) is 13.8. The molecule has 132 valence electrons. The number of nitrogens with one attached hydrogen (secondary N) is 1. The van der Waals surface area contributed by atoms with Crippen molar-refractivity contribution in [2.45, 2.75) is 5.16 Å². The highest BCUT2D eigenvalue weighted by molar-refractivity contribution is 9.10. The Morgan fingerprint density at radius 2 is 2.19 bits per heavy atom. The lowest BCUT2D eigenvalue weighted by molar-refractivity contribution is -0.118. The molecule has 0 aliphatic heterocycles. The van der Waals surface area contributed by atoms with E-state index in [0.717, 1.165) is 15.9 Å². The summed E-state index contributed by atoms with van der Waals surface area (Å²) >= 11 is 4.75. The molecule has 0 atom stereocenters. The molecule has 0 bridgehead atoms. The van der Waals surface area contributed by atoms with Gasteiger partial charge in [0.15, 0.2) is 11.0 Å². The SMILES string of the molecule is Cn1c(SCC(=O)N/N=C\c2ccccn2)nnc1-c1cccc(Br)c1. The molecule has 1 aromatic carbocycles. The van der Waals surface area contributed by atoms with E-state index in [1.54, 1.807) is 12.3 Å². The van der Waals surface area contributed by atoms with Gasteiger partial charge in [0.2, 0.25) is 0 Å². The number of hydrogen-bond donors (Lipinski definition) is 1. The Morgan fingerprint density at radius 1 is 1.31 bits per heavy atom. The first kappa shape index (κ1) is 18.3. The van der Waals surface area contributed by atoms with Crippen molar-refractivity contribution < 1.29 is 4.79 Å². The summed E-state index contributed by atoms with van der Waals surface area (Å²) in [6, 6.07) is 13.3. The van der Waals surface area contributed by atoms with Crippen LogP contribution in [-0.2, 0) is 11.8 Å². The van der Waals surface area contributed by atoms with Crippen molar-refractivity contribution in [3.05, 3.63) is 58.8 Å². The number of thioether (sulfide) groups is 1. The van der Waals surface area contributed by atoms with E-state index in [4.69, 9.17) is 0 Å². The fraction of sp³-hybridized carbons (Fsp3) is 0.118. The molecule has 0 saturated carbocycles. The number of benzene rings is 1. The summed E-state index contributed by atoms with van der Waals surface area (Å²) in [5.41, 5.74) is 4.10. The van der Waals surface area contributed by atoms with Crippen LogP contribution < -0.4 is 5.43 Å². The quantitative estimate of drug-likeness (QED) is 0.369. The second kappa shape index (κ2) is 8.72. The van der Waals surface area contributed by atoms with Crippen LogP contribution in [0.15, 0.2) is 63.4 Å². The maximum Gasteiger partial charge on any atom is 0.250 e. The fourth-order valence-electron chi connectivity index (χ4n) is 2.10. The highest BCUT2D eigenvalue weighted by Crippen LogP contribution is 2.24. The molecule has 0 spiro atoms. The number of rotatable bonds is 6. The number of carbonyl (C=O) groups excluding carboxylic acids is 1. The zero-order chi connectivity index (χ0) is 18.4. The van der Waals surface area contributed by atoms with Crippen LogP contribution in [0.5, 0.6) is 0 Å². The van der Waals surface area contributed by atoms with Crippen molar-refractivity contribution in [3.63, 3.8) is 0 Å². The summed E-state index contributed by atoms with van der Waals surface area (Å²) in [6.07, 6.45) is 3.16. The second-order valence-electron chi connectivity index (χ2n) is 5.21. The first-order chi connectivity index (χ1) is 12.6. The van der Waals surface area contributed by atoms with Gasteiger partial charge in [0, 0.05) is 23.3 Å². The highest BCUT2D eigenvalue weighted by Gasteiger charge is 2.12. The van der Waals surface area contributed by atoms with Gasteiger partial charge in [-0.3, -0.25) is 9.78 Å². The van der Waals surface area contributed by atoms with Crippen LogP contribution in [0, 0.1) is 0 Å². The summed E-state index contributed by atoms with van der Waals surface area (Å²) in [4.78, 5) is 16.0. The Hall–Kier alpha value is -2.52. The maximum absolute atomic E-state index is 11.9. The van der Waals surface area contributed by atoms with Gasteiger partial charge in [-0.2, -0.15) is 5.10 Å². The molecule has 3 rings (SSSR count). The van der Waals surface area contributed by atoms with Crippen LogP contribution in [-0.4, -0.2) is 37.6 Å². The van der Waals surface area contributed by atoms with E-state index in [9.17, 15) is 4.79 Å². The first-order valence-electron chi connectivity index (χ1n) is 7.64. The molecule has 26 heavy (non-hydrogen) atoms. The number of nitrogens with zero attached hydrogens (tertiary/aromatic N) is 5. The third-order valence-electron chi connectivity index (χ3n) is 3.32. The van der Waals surface area contributed by atoms with Crippen LogP contribution in [0.2, 0.25) is 0 Å². The summed E-state index contributed by atoms with van der Waals surface area (Å²) in [7, 11) is 1.87. The fourth-order valence-corrected chi connectivity index (χ4v) is 3.21. The Bertz CT molecular complexity index is 928. The summed E-state index contributed by atoms with van der Waals surface area (Å²) in [6.45, 7) is 0. The lowest BCUT2D eigenvalue weighted by Crippen LogP contribution is -2.20. The highest BCUT2D eigenvalue weighted by atomic mass is 79.9. The largest absolute Gasteiger partial charge is 0.305 e. The monoisotopic (exact) mass is 430 g/mol. The van der Waals surface area contributed by atoms with Crippen LogP contribution in [0.25, 0.3) is 11.4 Å². The van der Waals surface area contributed by atoms with E-state index in [-0.39, 0.29) is 11.7 Å². The van der Waals surface area contributed by atoms with Crippen molar-refractivity contribution in [1.29, 1.82) is 0 Å². The molecular weight excluding hydrogens is 416 g/mol. The number of pyridine rings is 1. The third-order valence-corrected chi connectivity index (χ3v) is 4.84. The number of hydrazone groups is 1. The van der Waals surface area contributed by atoms with Gasteiger partial charge < -0.3 is 4.57 Å². The first-order valence-corrected chi connectivity index (χ1v) is 9.42. The van der Waals surface area contributed by atoms with Gasteiger partial charge in [0.05, 0.1) is 17.7 Å². The molecule has 1 N–H and O–H groups in total. The zero-order valence-corrected chi connectivity index (χ0v) is 16.2. The van der Waals surface area contributed by atoms with Crippen LogP contribution in [0.3, 0.4) is 0 Å². The van der Waals surface area contributed by atoms with Crippen LogP contribution >= 0.6 is 27.7 Å². The van der Waals surface area contributed by atoms with Crippen molar-refractivity contribution in [1.82, 2.24) is 25.2 Å². The molecule has 1 amide bonds. The molecule has 0 fully saturated rings. The van der Waals surface area contributed by atoms with Gasteiger partial charge in [-0.1, -0.05) is 45.9 Å². The summed E-state index contributed by atoms with van der Waals surface area (Å²) in [5.74, 6) is 0.695. The second-order valence-corrected chi connectivity index (χ2v) is 7.07. The van der Waals surface area contributed by atoms with Crippen molar-refractivity contribution >= 4 is 39.8 Å². The number of carbonyl (C=O) groups is 1. The maximum atomic E-state index is 11.9. The van der Waals surface area contributed by atoms with E-state index in [1.165, 1.54) is 18.0 Å². The molecule has 0 unspecified atom stereocenters. The molecule has 2 heterocycles. The van der Waals surface area contributed by atoms with Gasteiger partial charge >= 0.3 is 0 Å². The van der Waals surface area contributed by atoms with Crippen LogP contribution in [0.4, 0.5) is 0 Å². The van der Waals surface area contributed by atoms with Gasteiger partial charge in [-0.05, 0) is 24.3 Å². The van der Waals surface area contributed by atoms with E-state index >= 15 is 0 Å². The minimum Gasteiger partial charge on any atom is -0.305 e. The Balaban J connectivity index is 1.56. The van der Waals surface area contributed by atoms with Gasteiger partial charge in [0.25, 0.3) is 5.91 Å². The number of hydrogen-bond acceptors (Lipinski definition) is 6. The van der Waals surface area contributed by atoms with E-state index in [1.807, 2.05) is 48.0 Å². The lowest BCUT2D eigenvalue weighted by Gasteiger charge is -2.04. The molecule has 0 saturated heterocycles. The predicted octanol–water partition coefficient (Wildman–Crippen LogP) is 2.88. The average Bonchev–Trinajstić information content (AvgIpc) is 3.01. The van der Waals surface area contributed by atoms with Crippen LogP contribution in [0.1, 0.15) is 5.69 Å². The average molecular weight is 431 g/mol. The smallest absolute Gasteiger partial charge is 0.250 e. The molecular formula is C17H15BrN6OS. The molecule has 2 aromatic heterocycles. The lowest BCUT2D eigenvalue weighted by atomic mass is 10.2. The van der Waals surface area contributed by atoms with E-state index < -0.39 is 0 Å². The Labute approximate surface area is 163 Å². The normalized spacial score (nSPS) is 11.0. The van der Waals surface area contributed by atoms with Crippen molar-refractivity contribution in [2.24, 2.45) is 12.1 Å². The minimum absolute atomic E-state index is 0.185. The predicted molar refractivity (Wildman–Crippen MR) is 105 cm³/mol. The summed E-state index contributed by atoms with van der Waals surface area (Å²) < 4.78 is 2.83. The topological polar surface area (TPSA) is 85.1 Å². The standard InChI is InChI=1S/C17H15BrN6OS/c1-24-16(12-5-4-6-13(18)9-12)22-23-17(24)26-11-15(25)21-20-10-14-7-2-3-8-19-14/h2-10H,11H2,1H3,(H,21,25)/b20-10-. The number of halogens is 1. The van der Waals surface area contributed by atoms with Gasteiger partial charge in [-0.25, -0.2) is 5.43 Å². The van der Waals surface area contributed by atoms with E-state index in [0.29, 0.717) is 10.9 Å². The van der Waals surface area contributed by atoms with Crippen molar-refractivity contribution in [2.75, 3.05) is 5.75 Å². The van der Waals surface area contributed by atoms with Crippen molar-refractivity contribution in [3.8, 4) is 11.4 Å². The van der Waals surface area contributed by atoms with Gasteiger partial charge in [-0.15, -0.1) is 10.2 Å². The minimum atomic E-state index is -0.228. The molecule has 0 aliphatic rings. The Morgan fingerprint density at radius 3 is 2.96 bits per heavy atom. The number of amides is 1. The number of aromatic nitrogens is 4. The third kappa shape index (κ3) is 4.77. The molecule has 9 heteroatoms. The molecule has 7 nitrogen and oxygen atoms in total. The Kier molecular flexibility index (Phi) is 6.13.